The zero-order valence-corrected chi connectivity index (χ0v) is 17.8. The van der Waals surface area contributed by atoms with E-state index in [4.69, 9.17) is 4.74 Å². The first-order chi connectivity index (χ1) is 13.4. The summed E-state index contributed by atoms with van der Waals surface area (Å²) in [5.74, 6) is 0.242. The van der Waals surface area contributed by atoms with E-state index in [9.17, 15) is 4.79 Å². The average molecular weight is 405 g/mol. The van der Waals surface area contributed by atoms with Crippen LogP contribution >= 0.6 is 11.8 Å². The molecule has 0 saturated carbocycles. The number of nitrogens with one attached hydrogen (secondary N) is 1. The van der Waals surface area contributed by atoms with E-state index in [2.05, 4.69) is 52.6 Å². The molecule has 1 aromatic carbocycles. The molecule has 0 bridgehead atoms. The minimum atomic E-state index is -0.107. The van der Waals surface area contributed by atoms with Crippen molar-refractivity contribution in [2.75, 3.05) is 38.6 Å². The van der Waals surface area contributed by atoms with E-state index >= 15 is 0 Å². The lowest BCUT2D eigenvalue weighted by Crippen LogP contribution is -2.55. The Hall–Kier alpha value is -1.97. The number of aromatic nitrogens is 4. The second-order valence-corrected chi connectivity index (χ2v) is 8.51. The van der Waals surface area contributed by atoms with Crippen LogP contribution in [0.3, 0.4) is 0 Å². The Labute approximate surface area is 170 Å². The van der Waals surface area contributed by atoms with Gasteiger partial charge in [0, 0.05) is 25.2 Å². The smallest absolute Gasteiger partial charge is 0.230 e. The molecule has 9 heteroatoms. The van der Waals surface area contributed by atoms with Crippen LogP contribution in [-0.2, 0) is 9.53 Å². The minimum Gasteiger partial charge on any atom is -0.379 e. The van der Waals surface area contributed by atoms with Crippen molar-refractivity contribution in [3.63, 3.8) is 0 Å². The van der Waals surface area contributed by atoms with Gasteiger partial charge in [-0.25, -0.2) is 0 Å². The first-order valence-electron chi connectivity index (χ1n) is 9.46. The molecule has 1 aliphatic rings. The van der Waals surface area contributed by atoms with Crippen LogP contribution in [-0.4, -0.2) is 75.2 Å². The molecule has 1 saturated heterocycles. The van der Waals surface area contributed by atoms with Crippen molar-refractivity contribution in [1.82, 2.24) is 30.4 Å². The van der Waals surface area contributed by atoms with Crippen LogP contribution in [0, 0.1) is 13.8 Å². The molecule has 28 heavy (non-hydrogen) atoms. The molecule has 1 aliphatic heterocycles. The van der Waals surface area contributed by atoms with Crippen molar-refractivity contribution in [3.8, 4) is 5.69 Å². The van der Waals surface area contributed by atoms with Gasteiger partial charge in [0.15, 0.2) is 0 Å². The Kier molecular flexibility index (Phi) is 6.69. The third-order valence-corrected chi connectivity index (χ3v) is 6.08. The molecule has 0 spiro atoms. The Morgan fingerprint density at radius 1 is 1.29 bits per heavy atom. The van der Waals surface area contributed by atoms with E-state index in [-0.39, 0.29) is 17.2 Å². The van der Waals surface area contributed by atoms with Crippen LogP contribution in [0.2, 0.25) is 0 Å². The summed E-state index contributed by atoms with van der Waals surface area (Å²) in [6, 6.07) is 6.02. The molecule has 1 amide bonds. The Morgan fingerprint density at radius 2 is 2.04 bits per heavy atom. The van der Waals surface area contributed by atoms with Gasteiger partial charge in [-0.1, -0.05) is 23.9 Å². The predicted molar refractivity (Wildman–Crippen MR) is 109 cm³/mol. The van der Waals surface area contributed by atoms with Gasteiger partial charge in [0.1, 0.15) is 0 Å². The van der Waals surface area contributed by atoms with Crippen LogP contribution in [0.4, 0.5) is 0 Å². The topological polar surface area (TPSA) is 85.2 Å². The van der Waals surface area contributed by atoms with Crippen LogP contribution in [0.25, 0.3) is 5.69 Å². The van der Waals surface area contributed by atoms with Gasteiger partial charge in [0.25, 0.3) is 0 Å². The number of benzene rings is 1. The molecule has 2 aromatic rings. The molecular weight excluding hydrogens is 376 g/mol. The van der Waals surface area contributed by atoms with E-state index < -0.39 is 0 Å². The quantitative estimate of drug-likeness (QED) is 0.702. The summed E-state index contributed by atoms with van der Waals surface area (Å²) in [4.78, 5) is 14.7. The average Bonchev–Trinajstić information content (AvgIpc) is 3.16. The second kappa shape index (κ2) is 9.02. The number of morpholine rings is 1. The van der Waals surface area contributed by atoms with Crippen LogP contribution < -0.4 is 5.32 Å². The fourth-order valence-electron chi connectivity index (χ4n) is 3.16. The van der Waals surface area contributed by atoms with Crippen molar-refractivity contribution in [2.45, 2.75) is 38.4 Å². The van der Waals surface area contributed by atoms with Crippen molar-refractivity contribution < 1.29 is 9.53 Å². The third kappa shape index (κ3) is 4.89. The summed E-state index contributed by atoms with van der Waals surface area (Å²) < 4.78 is 7.10. The minimum absolute atomic E-state index is 0.0261. The molecule has 3 rings (SSSR count). The number of thioether (sulfide) groups is 1. The molecule has 0 unspecified atom stereocenters. The Morgan fingerprint density at radius 3 is 2.79 bits per heavy atom. The highest BCUT2D eigenvalue weighted by molar-refractivity contribution is 7.99. The summed E-state index contributed by atoms with van der Waals surface area (Å²) in [5, 5.41) is 15.6. The van der Waals surface area contributed by atoms with Crippen LogP contribution in [0.15, 0.2) is 23.4 Å². The molecule has 1 aromatic heterocycles. The van der Waals surface area contributed by atoms with E-state index in [0.29, 0.717) is 11.7 Å². The number of carbonyl (C=O) groups is 1. The zero-order valence-electron chi connectivity index (χ0n) is 16.9. The van der Waals surface area contributed by atoms with Gasteiger partial charge >= 0.3 is 0 Å². The third-order valence-electron chi connectivity index (χ3n) is 5.16. The molecule has 2 heterocycles. The van der Waals surface area contributed by atoms with Crippen molar-refractivity contribution in [2.24, 2.45) is 0 Å². The van der Waals surface area contributed by atoms with Crippen molar-refractivity contribution in [1.29, 1.82) is 0 Å². The highest BCUT2D eigenvalue weighted by Crippen LogP contribution is 2.22. The Bertz CT molecular complexity index is 817. The fourth-order valence-corrected chi connectivity index (χ4v) is 3.88. The number of ether oxygens (including phenoxy) is 1. The van der Waals surface area contributed by atoms with Crippen molar-refractivity contribution in [3.05, 3.63) is 29.3 Å². The summed E-state index contributed by atoms with van der Waals surface area (Å²) in [5.41, 5.74) is 3.12. The number of hydrogen-bond acceptors (Lipinski definition) is 7. The second-order valence-electron chi connectivity index (χ2n) is 7.57. The molecule has 1 N–H and O–H groups in total. The molecule has 0 radical (unpaired) electrons. The predicted octanol–water partition coefficient (Wildman–Crippen LogP) is 1.60. The largest absolute Gasteiger partial charge is 0.379 e. The molecule has 1 fully saturated rings. The van der Waals surface area contributed by atoms with Gasteiger partial charge in [0.05, 0.1) is 24.7 Å². The number of nitrogens with zero attached hydrogens (tertiary/aromatic N) is 5. The molecule has 0 atom stereocenters. The SMILES string of the molecule is Cc1cccc(-n2nnnc2SCC(=O)NCC(C)(C)N2CCOCC2)c1C. The molecule has 152 valence electrons. The number of rotatable bonds is 7. The van der Waals surface area contributed by atoms with Gasteiger partial charge in [-0.3, -0.25) is 9.69 Å². The van der Waals surface area contributed by atoms with Gasteiger partial charge < -0.3 is 10.1 Å². The first kappa shape index (κ1) is 20.8. The summed E-state index contributed by atoms with van der Waals surface area (Å²) in [6.45, 7) is 12.3. The standard InChI is InChI=1S/C19H28N6O2S/c1-14-6-5-7-16(15(14)2)25-18(21-22-23-25)28-12-17(26)20-13-19(3,4)24-8-10-27-11-9-24/h5-7H,8-13H2,1-4H3,(H,20,26). The van der Waals surface area contributed by atoms with E-state index in [1.54, 1.807) is 4.68 Å². The van der Waals surface area contributed by atoms with E-state index in [1.165, 1.54) is 17.3 Å². The highest BCUT2D eigenvalue weighted by Gasteiger charge is 2.28. The molecule has 0 aliphatic carbocycles. The van der Waals surface area contributed by atoms with Gasteiger partial charge in [-0.05, 0) is 55.3 Å². The van der Waals surface area contributed by atoms with Crippen LogP contribution in [0.5, 0.6) is 0 Å². The fraction of sp³-hybridized carbons (Fsp3) is 0.579. The number of amides is 1. The maximum absolute atomic E-state index is 12.4. The molecular formula is C19H28N6O2S. The normalized spacial score (nSPS) is 15.6. The number of carbonyl (C=O) groups excluding carboxylic acids is 1. The maximum Gasteiger partial charge on any atom is 0.230 e. The first-order valence-corrected chi connectivity index (χ1v) is 10.4. The summed E-state index contributed by atoms with van der Waals surface area (Å²) in [7, 11) is 0. The lowest BCUT2D eigenvalue weighted by Gasteiger charge is -2.40. The Balaban J connectivity index is 1.56. The lowest BCUT2D eigenvalue weighted by atomic mass is 10.0. The van der Waals surface area contributed by atoms with E-state index in [0.717, 1.165) is 37.6 Å². The maximum atomic E-state index is 12.4. The number of tetrazole rings is 1. The van der Waals surface area contributed by atoms with E-state index in [1.807, 2.05) is 19.1 Å². The van der Waals surface area contributed by atoms with Gasteiger partial charge in [0.2, 0.25) is 11.1 Å². The monoisotopic (exact) mass is 404 g/mol. The zero-order chi connectivity index (χ0) is 20.1. The van der Waals surface area contributed by atoms with Crippen molar-refractivity contribution >= 4 is 17.7 Å². The summed E-state index contributed by atoms with van der Waals surface area (Å²) in [6.07, 6.45) is 0. The highest BCUT2D eigenvalue weighted by atomic mass is 32.2. The molecule has 8 nitrogen and oxygen atoms in total. The number of hydrogen-bond donors (Lipinski definition) is 1. The lowest BCUT2D eigenvalue weighted by molar-refractivity contribution is -0.119. The van der Waals surface area contributed by atoms with Gasteiger partial charge in [-0.15, -0.1) is 5.10 Å². The number of aryl methyl sites for hydroxylation is 1. The van der Waals surface area contributed by atoms with Gasteiger partial charge in [-0.2, -0.15) is 4.68 Å². The summed E-state index contributed by atoms with van der Waals surface area (Å²) >= 11 is 1.34. The van der Waals surface area contributed by atoms with Crippen LogP contribution in [0.1, 0.15) is 25.0 Å².